The molecular formula is C18H22F3N3O3. The third-order valence-corrected chi connectivity index (χ3v) is 5.62. The first-order chi connectivity index (χ1) is 12.7. The molecule has 3 atom stereocenters. The van der Waals surface area contributed by atoms with E-state index in [0.717, 1.165) is 24.5 Å². The highest BCUT2D eigenvalue weighted by atomic mass is 19.4. The average molecular weight is 385 g/mol. The Morgan fingerprint density at radius 3 is 2.59 bits per heavy atom. The Labute approximate surface area is 154 Å². The van der Waals surface area contributed by atoms with Gasteiger partial charge in [0.2, 0.25) is 5.91 Å². The van der Waals surface area contributed by atoms with Crippen LogP contribution in [0.5, 0.6) is 0 Å². The van der Waals surface area contributed by atoms with E-state index in [-0.39, 0.29) is 24.7 Å². The summed E-state index contributed by atoms with van der Waals surface area (Å²) in [7, 11) is 0. The number of nitro benzene ring substituents is 1. The van der Waals surface area contributed by atoms with Crippen molar-refractivity contribution in [2.45, 2.75) is 38.3 Å². The molecule has 0 unspecified atom stereocenters. The Kier molecular flexibility index (Phi) is 5.57. The Bertz CT molecular complexity index is 724. The first kappa shape index (κ1) is 19.4. The number of nitrogens with one attached hydrogen (secondary N) is 2. The number of hydrogen-bond acceptors (Lipinski definition) is 4. The van der Waals surface area contributed by atoms with Crippen LogP contribution in [0.2, 0.25) is 0 Å². The number of alkyl halides is 3. The molecule has 2 fully saturated rings. The number of fused-ring (bicyclic) bond motifs is 2. The lowest BCUT2D eigenvalue weighted by molar-refractivity contribution is -0.384. The van der Waals surface area contributed by atoms with Crippen molar-refractivity contribution < 1.29 is 22.9 Å². The van der Waals surface area contributed by atoms with Crippen LogP contribution in [-0.4, -0.2) is 23.9 Å². The van der Waals surface area contributed by atoms with E-state index < -0.39 is 22.4 Å². The summed E-state index contributed by atoms with van der Waals surface area (Å²) < 4.78 is 38.1. The molecule has 0 spiro atoms. The van der Waals surface area contributed by atoms with E-state index in [2.05, 4.69) is 10.6 Å². The van der Waals surface area contributed by atoms with Crippen molar-refractivity contribution >= 4 is 17.3 Å². The van der Waals surface area contributed by atoms with Crippen molar-refractivity contribution in [3.8, 4) is 0 Å². The SMILES string of the molecule is O=C(C[C@H]1C[C@H]2CC[C@@H]1C2)NCCNc1ccc(C(F)(F)F)cc1[N+](=O)[O-]. The topological polar surface area (TPSA) is 84.3 Å². The van der Waals surface area contributed by atoms with Crippen molar-refractivity contribution in [2.75, 3.05) is 18.4 Å². The van der Waals surface area contributed by atoms with Crippen LogP contribution in [0.3, 0.4) is 0 Å². The smallest absolute Gasteiger partial charge is 0.378 e. The fourth-order valence-corrected chi connectivity index (χ4v) is 4.34. The first-order valence-corrected chi connectivity index (χ1v) is 9.10. The van der Waals surface area contributed by atoms with Crippen LogP contribution in [0.1, 0.15) is 37.7 Å². The van der Waals surface area contributed by atoms with E-state index in [1.165, 1.54) is 19.3 Å². The van der Waals surface area contributed by atoms with E-state index in [1.807, 2.05) is 0 Å². The zero-order valence-corrected chi connectivity index (χ0v) is 14.7. The second kappa shape index (κ2) is 7.74. The number of carbonyl (C=O) groups excluding carboxylic acids is 1. The zero-order chi connectivity index (χ0) is 19.6. The van der Waals surface area contributed by atoms with Crippen LogP contribution in [0.15, 0.2) is 18.2 Å². The summed E-state index contributed by atoms with van der Waals surface area (Å²) in [6.07, 6.45) is 0.699. The summed E-state index contributed by atoms with van der Waals surface area (Å²) in [5.74, 6) is 1.84. The van der Waals surface area contributed by atoms with Crippen LogP contribution in [0.25, 0.3) is 0 Å². The molecule has 0 aliphatic heterocycles. The molecule has 1 aromatic rings. The number of anilines is 1. The monoisotopic (exact) mass is 385 g/mol. The van der Waals surface area contributed by atoms with Gasteiger partial charge in [-0.05, 0) is 49.1 Å². The molecular weight excluding hydrogens is 363 g/mol. The Balaban J connectivity index is 1.47. The predicted octanol–water partition coefficient (Wildman–Crippen LogP) is 3.97. The predicted molar refractivity (Wildman–Crippen MR) is 93.2 cm³/mol. The zero-order valence-electron chi connectivity index (χ0n) is 14.7. The molecule has 27 heavy (non-hydrogen) atoms. The lowest BCUT2D eigenvalue weighted by Gasteiger charge is -2.20. The number of amides is 1. The number of benzene rings is 1. The highest BCUT2D eigenvalue weighted by Gasteiger charge is 2.40. The maximum atomic E-state index is 12.7. The minimum Gasteiger partial charge on any atom is -0.378 e. The van der Waals surface area contributed by atoms with Crippen LogP contribution in [0.4, 0.5) is 24.5 Å². The van der Waals surface area contributed by atoms with Gasteiger partial charge in [0.1, 0.15) is 5.69 Å². The van der Waals surface area contributed by atoms with Gasteiger partial charge in [-0.2, -0.15) is 13.2 Å². The Morgan fingerprint density at radius 2 is 2.00 bits per heavy atom. The van der Waals surface area contributed by atoms with Crippen LogP contribution in [-0.2, 0) is 11.0 Å². The van der Waals surface area contributed by atoms with Gasteiger partial charge in [0.25, 0.3) is 5.69 Å². The maximum Gasteiger partial charge on any atom is 0.416 e. The van der Waals surface area contributed by atoms with Crippen molar-refractivity contribution in [1.29, 1.82) is 0 Å². The van der Waals surface area contributed by atoms with Gasteiger partial charge in [0, 0.05) is 25.6 Å². The fourth-order valence-electron chi connectivity index (χ4n) is 4.34. The molecule has 148 valence electrons. The average Bonchev–Trinajstić information content (AvgIpc) is 3.20. The number of nitro groups is 1. The quantitative estimate of drug-likeness (QED) is 0.423. The molecule has 2 aliphatic rings. The van der Waals surface area contributed by atoms with Gasteiger partial charge in [-0.3, -0.25) is 14.9 Å². The molecule has 2 bridgehead atoms. The van der Waals surface area contributed by atoms with Gasteiger partial charge in [-0.15, -0.1) is 0 Å². The van der Waals surface area contributed by atoms with Crippen molar-refractivity contribution in [3.63, 3.8) is 0 Å². The minimum absolute atomic E-state index is 0.00430. The van der Waals surface area contributed by atoms with Crippen LogP contribution >= 0.6 is 0 Å². The second-order valence-electron chi connectivity index (χ2n) is 7.40. The number of carbonyl (C=O) groups is 1. The Hall–Kier alpha value is -2.32. The van der Waals surface area contributed by atoms with E-state index >= 15 is 0 Å². The molecule has 3 rings (SSSR count). The van der Waals surface area contributed by atoms with E-state index in [1.54, 1.807) is 0 Å². The lowest BCUT2D eigenvalue weighted by Crippen LogP contribution is -2.31. The van der Waals surface area contributed by atoms with Crippen molar-refractivity contribution in [3.05, 3.63) is 33.9 Å². The van der Waals surface area contributed by atoms with Gasteiger partial charge < -0.3 is 10.6 Å². The molecule has 0 heterocycles. The first-order valence-electron chi connectivity index (χ1n) is 9.10. The fraction of sp³-hybridized carbons (Fsp3) is 0.611. The molecule has 2 N–H and O–H groups in total. The number of hydrogen-bond donors (Lipinski definition) is 2. The maximum absolute atomic E-state index is 12.7. The highest BCUT2D eigenvalue weighted by Crippen LogP contribution is 2.49. The van der Waals surface area contributed by atoms with Gasteiger partial charge in [-0.1, -0.05) is 6.42 Å². The van der Waals surface area contributed by atoms with Gasteiger partial charge in [0.05, 0.1) is 10.5 Å². The van der Waals surface area contributed by atoms with Crippen LogP contribution in [0, 0.1) is 27.9 Å². The van der Waals surface area contributed by atoms with Gasteiger partial charge in [-0.25, -0.2) is 0 Å². The third-order valence-electron chi connectivity index (χ3n) is 5.62. The lowest BCUT2D eigenvalue weighted by atomic mass is 9.86. The number of halogens is 3. The molecule has 0 radical (unpaired) electrons. The molecule has 2 saturated carbocycles. The second-order valence-corrected chi connectivity index (χ2v) is 7.40. The van der Waals surface area contributed by atoms with E-state index in [9.17, 15) is 28.1 Å². The summed E-state index contributed by atoms with van der Waals surface area (Å²) in [6.45, 7) is 0.437. The van der Waals surface area contributed by atoms with E-state index in [0.29, 0.717) is 24.3 Å². The largest absolute Gasteiger partial charge is 0.416 e. The molecule has 9 heteroatoms. The standard InChI is InChI=1S/C18H22F3N3O3/c19-18(20,21)14-3-4-15(16(10-14)24(26)27)22-5-6-23-17(25)9-13-8-11-1-2-12(13)7-11/h3-4,10-13,22H,1-2,5-9H2,(H,23,25)/t11-,12+,13+/m0/s1. The molecule has 0 saturated heterocycles. The normalized spacial score (nSPS) is 24.0. The van der Waals surface area contributed by atoms with Crippen LogP contribution < -0.4 is 10.6 Å². The van der Waals surface area contributed by atoms with Gasteiger partial charge >= 0.3 is 6.18 Å². The Morgan fingerprint density at radius 1 is 1.22 bits per heavy atom. The summed E-state index contributed by atoms with van der Waals surface area (Å²) in [6, 6.07) is 2.34. The van der Waals surface area contributed by atoms with Gasteiger partial charge in [0.15, 0.2) is 0 Å². The number of nitrogens with zero attached hydrogens (tertiary/aromatic N) is 1. The summed E-state index contributed by atoms with van der Waals surface area (Å²) in [5, 5.41) is 16.5. The van der Waals surface area contributed by atoms with Crippen molar-refractivity contribution in [2.24, 2.45) is 17.8 Å². The highest BCUT2D eigenvalue weighted by molar-refractivity contribution is 5.76. The molecule has 1 amide bonds. The molecule has 0 aromatic heterocycles. The molecule has 2 aliphatic carbocycles. The van der Waals surface area contributed by atoms with Crippen molar-refractivity contribution in [1.82, 2.24) is 5.32 Å². The summed E-state index contributed by atoms with van der Waals surface area (Å²) >= 11 is 0. The minimum atomic E-state index is -4.64. The molecule has 6 nitrogen and oxygen atoms in total. The summed E-state index contributed by atoms with van der Waals surface area (Å²) in [5.41, 5.74) is -1.72. The number of rotatable bonds is 7. The molecule has 1 aromatic carbocycles. The summed E-state index contributed by atoms with van der Waals surface area (Å²) in [4.78, 5) is 22.2. The third kappa shape index (κ3) is 4.70. The van der Waals surface area contributed by atoms with E-state index in [4.69, 9.17) is 0 Å².